The van der Waals surface area contributed by atoms with Crippen molar-refractivity contribution in [1.82, 2.24) is 14.7 Å². The highest BCUT2D eigenvalue weighted by Crippen LogP contribution is 2.34. The molecule has 1 N–H and O–H groups in total. The highest BCUT2D eigenvalue weighted by Gasteiger charge is 2.23. The van der Waals surface area contributed by atoms with Crippen LogP contribution in [0.1, 0.15) is 35.8 Å². The number of carbonyl (C=O) groups is 2. The van der Waals surface area contributed by atoms with Gasteiger partial charge in [-0.1, -0.05) is 66.9 Å². The lowest BCUT2D eigenvalue weighted by atomic mass is 10.1. The van der Waals surface area contributed by atoms with E-state index < -0.39 is 0 Å². The number of rotatable bonds is 10. The minimum Gasteiger partial charge on any atom is -0.497 e. The van der Waals surface area contributed by atoms with E-state index in [-0.39, 0.29) is 23.4 Å². The van der Waals surface area contributed by atoms with E-state index in [1.54, 1.807) is 23.9 Å². The number of ether oxygens (including phenoxy) is 1. The summed E-state index contributed by atoms with van der Waals surface area (Å²) in [4.78, 5) is 28.4. The van der Waals surface area contributed by atoms with Gasteiger partial charge in [-0.2, -0.15) is 5.10 Å². The Morgan fingerprint density at radius 3 is 2.36 bits per heavy atom. The molecule has 0 fully saturated rings. The van der Waals surface area contributed by atoms with Gasteiger partial charge < -0.3 is 15.0 Å². The standard InChI is InChI=1S/C30H30Cl2N4O3/c1-4-5-17-35(30(38)22-11-16-25(31)26(32)18-22)19-27(37)33-29-28(21-9-7-6-8-10-21)20(2)34-36(29)23-12-14-24(39-3)15-13-23/h6-16,18H,4-5,17,19H2,1-3H3,(H,33,37). The molecule has 0 unspecified atom stereocenters. The van der Waals surface area contributed by atoms with E-state index in [0.29, 0.717) is 28.7 Å². The first-order valence-corrected chi connectivity index (χ1v) is 13.4. The normalized spacial score (nSPS) is 10.8. The summed E-state index contributed by atoms with van der Waals surface area (Å²) < 4.78 is 6.99. The van der Waals surface area contributed by atoms with Crippen molar-refractivity contribution in [2.75, 3.05) is 25.5 Å². The summed E-state index contributed by atoms with van der Waals surface area (Å²) in [6.45, 7) is 4.22. The molecule has 0 radical (unpaired) electrons. The number of aromatic nitrogens is 2. The van der Waals surface area contributed by atoms with Crippen LogP contribution in [-0.2, 0) is 4.79 Å². The third kappa shape index (κ3) is 6.61. The number of amides is 2. The van der Waals surface area contributed by atoms with Crippen LogP contribution in [0.3, 0.4) is 0 Å². The minimum atomic E-state index is -0.341. The van der Waals surface area contributed by atoms with Gasteiger partial charge in [-0.3, -0.25) is 9.59 Å². The van der Waals surface area contributed by atoms with Gasteiger partial charge >= 0.3 is 0 Å². The van der Waals surface area contributed by atoms with Gasteiger partial charge in [-0.05, 0) is 61.4 Å². The molecule has 7 nitrogen and oxygen atoms in total. The van der Waals surface area contributed by atoms with Crippen LogP contribution >= 0.6 is 23.2 Å². The molecule has 0 saturated carbocycles. The van der Waals surface area contributed by atoms with Gasteiger partial charge in [-0.25, -0.2) is 4.68 Å². The first kappa shape index (κ1) is 28.2. The zero-order valence-corrected chi connectivity index (χ0v) is 23.6. The number of nitrogens with zero attached hydrogens (tertiary/aromatic N) is 3. The molecule has 0 aliphatic rings. The Labute approximate surface area is 238 Å². The van der Waals surface area contributed by atoms with Gasteiger partial charge in [0.25, 0.3) is 5.91 Å². The van der Waals surface area contributed by atoms with Gasteiger partial charge in [-0.15, -0.1) is 0 Å². The minimum absolute atomic E-state index is 0.139. The van der Waals surface area contributed by atoms with Gasteiger partial charge in [0.15, 0.2) is 0 Å². The number of benzene rings is 3. The molecule has 4 aromatic rings. The van der Waals surface area contributed by atoms with Gasteiger partial charge in [0, 0.05) is 17.7 Å². The van der Waals surface area contributed by atoms with Crippen molar-refractivity contribution in [3.8, 4) is 22.6 Å². The number of methoxy groups -OCH3 is 1. The molecule has 1 aromatic heterocycles. The van der Waals surface area contributed by atoms with Crippen molar-refractivity contribution in [3.05, 3.63) is 94.1 Å². The molecule has 0 aliphatic carbocycles. The predicted molar refractivity (Wildman–Crippen MR) is 156 cm³/mol. The summed E-state index contributed by atoms with van der Waals surface area (Å²) in [5.74, 6) is 0.599. The van der Waals surface area contributed by atoms with Gasteiger partial charge in [0.2, 0.25) is 5.91 Å². The second-order valence-corrected chi connectivity index (χ2v) is 9.86. The number of unbranched alkanes of at least 4 members (excludes halogenated alkanes) is 1. The van der Waals surface area contributed by atoms with Crippen LogP contribution in [0.5, 0.6) is 5.75 Å². The van der Waals surface area contributed by atoms with Crippen LogP contribution in [0.2, 0.25) is 10.0 Å². The Kier molecular flexibility index (Phi) is 9.28. The van der Waals surface area contributed by atoms with Crippen LogP contribution in [0.25, 0.3) is 16.8 Å². The number of hydrogen-bond donors (Lipinski definition) is 1. The summed E-state index contributed by atoms with van der Waals surface area (Å²) in [5.41, 5.74) is 3.60. The van der Waals surface area contributed by atoms with E-state index in [1.807, 2.05) is 68.4 Å². The fourth-order valence-electron chi connectivity index (χ4n) is 4.26. The molecule has 1 heterocycles. The average Bonchev–Trinajstić information content (AvgIpc) is 3.27. The second-order valence-electron chi connectivity index (χ2n) is 9.04. The lowest BCUT2D eigenvalue weighted by Crippen LogP contribution is -2.39. The molecule has 0 spiro atoms. The number of anilines is 1. The number of nitrogens with one attached hydrogen (secondary N) is 1. The summed E-state index contributed by atoms with van der Waals surface area (Å²) in [5, 5.41) is 8.45. The van der Waals surface area contributed by atoms with Crippen LogP contribution in [0, 0.1) is 6.92 Å². The molecule has 9 heteroatoms. The first-order valence-electron chi connectivity index (χ1n) is 12.7. The number of hydrogen-bond acceptors (Lipinski definition) is 4. The largest absolute Gasteiger partial charge is 0.497 e. The Bertz CT molecular complexity index is 1450. The number of halogens is 2. The maximum atomic E-state index is 13.5. The monoisotopic (exact) mass is 564 g/mol. The summed E-state index contributed by atoms with van der Waals surface area (Å²) in [6.07, 6.45) is 1.62. The third-order valence-corrected chi connectivity index (χ3v) is 7.01. The van der Waals surface area contributed by atoms with E-state index in [0.717, 1.165) is 35.3 Å². The highest BCUT2D eigenvalue weighted by atomic mass is 35.5. The molecule has 2 amide bonds. The van der Waals surface area contributed by atoms with Crippen molar-refractivity contribution in [2.45, 2.75) is 26.7 Å². The molecule has 0 saturated heterocycles. The average molecular weight is 566 g/mol. The number of carbonyl (C=O) groups excluding carboxylic acids is 2. The number of aryl methyl sites for hydroxylation is 1. The van der Waals surface area contributed by atoms with Gasteiger partial charge in [0.1, 0.15) is 18.1 Å². The van der Waals surface area contributed by atoms with E-state index in [2.05, 4.69) is 5.32 Å². The molecular formula is C30H30Cl2N4O3. The van der Waals surface area contributed by atoms with E-state index in [4.69, 9.17) is 33.0 Å². The molecule has 0 atom stereocenters. The SMILES string of the molecule is CCCCN(CC(=O)Nc1c(-c2ccccc2)c(C)nn1-c1ccc(OC)cc1)C(=O)c1ccc(Cl)c(Cl)c1. The third-order valence-electron chi connectivity index (χ3n) is 6.27. The van der Waals surface area contributed by atoms with Crippen LogP contribution in [-0.4, -0.2) is 46.7 Å². The summed E-state index contributed by atoms with van der Waals surface area (Å²) in [7, 11) is 1.61. The van der Waals surface area contributed by atoms with E-state index in [1.165, 1.54) is 11.0 Å². The van der Waals surface area contributed by atoms with Crippen molar-refractivity contribution >= 4 is 40.8 Å². The lowest BCUT2D eigenvalue weighted by molar-refractivity contribution is -0.116. The smallest absolute Gasteiger partial charge is 0.254 e. The summed E-state index contributed by atoms with van der Waals surface area (Å²) in [6, 6.07) is 21.9. The van der Waals surface area contributed by atoms with Gasteiger partial charge in [0.05, 0.1) is 28.5 Å². The zero-order chi connectivity index (χ0) is 27.9. The Hall–Kier alpha value is -3.81. The maximum absolute atomic E-state index is 13.5. The molecule has 0 bridgehead atoms. The van der Waals surface area contributed by atoms with Crippen LogP contribution in [0.15, 0.2) is 72.8 Å². The van der Waals surface area contributed by atoms with E-state index in [9.17, 15) is 9.59 Å². The van der Waals surface area contributed by atoms with Crippen molar-refractivity contribution in [1.29, 1.82) is 0 Å². The quantitative estimate of drug-likeness (QED) is 0.224. The Balaban J connectivity index is 1.67. The zero-order valence-electron chi connectivity index (χ0n) is 22.1. The second kappa shape index (κ2) is 12.8. The molecule has 4 rings (SSSR count). The Morgan fingerprint density at radius 2 is 1.72 bits per heavy atom. The highest BCUT2D eigenvalue weighted by molar-refractivity contribution is 6.42. The van der Waals surface area contributed by atoms with Crippen molar-refractivity contribution in [3.63, 3.8) is 0 Å². The predicted octanol–water partition coefficient (Wildman–Crippen LogP) is 7.04. The maximum Gasteiger partial charge on any atom is 0.254 e. The Morgan fingerprint density at radius 1 is 1.00 bits per heavy atom. The van der Waals surface area contributed by atoms with Crippen LogP contribution < -0.4 is 10.1 Å². The fourth-order valence-corrected chi connectivity index (χ4v) is 4.56. The first-order chi connectivity index (χ1) is 18.8. The summed E-state index contributed by atoms with van der Waals surface area (Å²) >= 11 is 12.2. The lowest BCUT2D eigenvalue weighted by Gasteiger charge is -2.23. The van der Waals surface area contributed by atoms with E-state index >= 15 is 0 Å². The molecular weight excluding hydrogens is 535 g/mol. The van der Waals surface area contributed by atoms with Crippen molar-refractivity contribution < 1.29 is 14.3 Å². The molecule has 3 aromatic carbocycles. The van der Waals surface area contributed by atoms with Crippen LogP contribution in [0.4, 0.5) is 5.82 Å². The molecule has 202 valence electrons. The topological polar surface area (TPSA) is 76.5 Å². The van der Waals surface area contributed by atoms with Crippen molar-refractivity contribution in [2.24, 2.45) is 0 Å². The molecule has 39 heavy (non-hydrogen) atoms. The molecule has 0 aliphatic heterocycles. The fraction of sp³-hybridized carbons (Fsp3) is 0.233.